The highest BCUT2D eigenvalue weighted by Gasteiger charge is 2.21. The maximum atomic E-state index is 12.9. The number of carbonyl (C=O) groups is 1. The van der Waals surface area contributed by atoms with Gasteiger partial charge < -0.3 is 10.0 Å². The molecule has 2 aromatic rings. The van der Waals surface area contributed by atoms with E-state index in [-0.39, 0.29) is 18.6 Å². The number of carbonyl (C=O) groups excluding carboxylic acids is 1. The van der Waals surface area contributed by atoms with E-state index in [0.29, 0.717) is 24.1 Å². The van der Waals surface area contributed by atoms with Crippen molar-refractivity contribution in [2.75, 3.05) is 6.61 Å². The van der Waals surface area contributed by atoms with Crippen LogP contribution in [-0.4, -0.2) is 28.6 Å². The highest BCUT2D eigenvalue weighted by Crippen LogP contribution is 2.16. The molecule has 1 unspecified atom stereocenters. The van der Waals surface area contributed by atoms with Crippen LogP contribution in [0.1, 0.15) is 34.8 Å². The Bertz CT molecular complexity index is 692. The molecule has 0 aliphatic carbocycles. The van der Waals surface area contributed by atoms with Crippen molar-refractivity contribution in [2.45, 2.75) is 25.9 Å². The van der Waals surface area contributed by atoms with Crippen molar-refractivity contribution in [2.24, 2.45) is 0 Å². The molecule has 4 heteroatoms. The Hall–Kier alpha value is -2.64. The Balaban J connectivity index is 2.28. The van der Waals surface area contributed by atoms with Crippen LogP contribution in [-0.2, 0) is 6.54 Å². The SMILES string of the molecule is CC(CCO)N(Cc1ccccc1)C(=O)c1cccc(C#N)c1. The van der Waals surface area contributed by atoms with Crippen LogP contribution in [0.15, 0.2) is 54.6 Å². The van der Waals surface area contributed by atoms with Crippen molar-refractivity contribution in [3.8, 4) is 6.07 Å². The average Bonchev–Trinajstić information content (AvgIpc) is 2.60. The predicted octanol–water partition coefficient (Wildman–Crippen LogP) is 2.97. The van der Waals surface area contributed by atoms with Crippen LogP contribution in [0, 0.1) is 11.3 Å². The molecule has 4 nitrogen and oxygen atoms in total. The van der Waals surface area contributed by atoms with Gasteiger partial charge in [-0.15, -0.1) is 0 Å². The normalized spacial score (nSPS) is 11.5. The molecule has 0 spiro atoms. The number of aliphatic hydroxyl groups excluding tert-OH is 1. The van der Waals surface area contributed by atoms with Crippen molar-refractivity contribution in [3.05, 3.63) is 71.3 Å². The maximum absolute atomic E-state index is 12.9. The van der Waals surface area contributed by atoms with Crippen LogP contribution in [0.3, 0.4) is 0 Å². The average molecular weight is 308 g/mol. The van der Waals surface area contributed by atoms with Crippen molar-refractivity contribution in [1.29, 1.82) is 5.26 Å². The molecule has 1 N–H and O–H groups in total. The highest BCUT2D eigenvalue weighted by atomic mass is 16.3. The molecular formula is C19H20N2O2. The fourth-order valence-corrected chi connectivity index (χ4v) is 2.44. The van der Waals surface area contributed by atoms with Gasteiger partial charge in [-0.05, 0) is 37.1 Å². The first-order valence-electron chi connectivity index (χ1n) is 7.61. The summed E-state index contributed by atoms with van der Waals surface area (Å²) in [5.41, 5.74) is 1.98. The van der Waals surface area contributed by atoms with Gasteiger partial charge in [0, 0.05) is 24.8 Å². The van der Waals surface area contributed by atoms with Crippen LogP contribution in [0.2, 0.25) is 0 Å². The van der Waals surface area contributed by atoms with E-state index in [2.05, 4.69) is 6.07 Å². The summed E-state index contributed by atoms with van der Waals surface area (Å²) in [5, 5.41) is 18.2. The lowest BCUT2D eigenvalue weighted by Gasteiger charge is -2.29. The number of aliphatic hydroxyl groups is 1. The van der Waals surface area contributed by atoms with Crippen LogP contribution in [0.5, 0.6) is 0 Å². The van der Waals surface area contributed by atoms with E-state index in [9.17, 15) is 9.90 Å². The zero-order valence-corrected chi connectivity index (χ0v) is 13.1. The fourth-order valence-electron chi connectivity index (χ4n) is 2.44. The number of amides is 1. The number of nitriles is 1. The molecule has 0 fully saturated rings. The Morgan fingerprint density at radius 2 is 1.96 bits per heavy atom. The molecule has 23 heavy (non-hydrogen) atoms. The Morgan fingerprint density at radius 3 is 2.61 bits per heavy atom. The van der Waals surface area contributed by atoms with Gasteiger partial charge in [-0.25, -0.2) is 0 Å². The van der Waals surface area contributed by atoms with E-state index in [1.54, 1.807) is 29.2 Å². The quantitative estimate of drug-likeness (QED) is 0.892. The van der Waals surface area contributed by atoms with E-state index in [0.717, 1.165) is 5.56 Å². The number of nitrogens with zero attached hydrogens (tertiary/aromatic N) is 2. The first-order valence-corrected chi connectivity index (χ1v) is 7.61. The van der Waals surface area contributed by atoms with E-state index in [1.165, 1.54) is 0 Å². The number of hydrogen-bond acceptors (Lipinski definition) is 3. The summed E-state index contributed by atoms with van der Waals surface area (Å²) in [6.45, 7) is 2.42. The molecule has 1 atom stereocenters. The summed E-state index contributed by atoms with van der Waals surface area (Å²) in [7, 11) is 0. The summed E-state index contributed by atoms with van der Waals surface area (Å²) < 4.78 is 0. The van der Waals surface area contributed by atoms with E-state index in [1.807, 2.05) is 37.3 Å². The van der Waals surface area contributed by atoms with Gasteiger partial charge in [0.25, 0.3) is 5.91 Å². The third kappa shape index (κ3) is 4.41. The Kier molecular flexibility index (Phi) is 5.90. The molecule has 1 amide bonds. The van der Waals surface area contributed by atoms with Crippen molar-refractivity contribution < 1.29 is 9.90 Å². The summed E-state index contributed by atoms with van der Waals surface area (Å²) >= 11 is 0. The summed E-state index contributed by atoms with van der Waals surface area (Å²) in [6.07, 6.45) is 0.510. The first kappa shape index (κ1) is 16.7. The third-order valence-corrected chi connectivity index (χ3v) is 3.77. The Labute approximate surface area is 136 Å². The van der Waals surface area contributed by atoms with Gasteiger partial charge in [0.15, 0.2) is 0 Å². The molecule has 0 aromatic heterocycles. The molecule has 2 rings (SSSR count). The lowest BCUT2D eigenvalue weighted by molar-refractivity contribution is 0.0648. The molecule has 2 aromatic carbocycles. The molecule has 0 bridgehead atoms. The molecule has 0 aliphatic heterocycles. The molecule has 0 heterocycles. The first-order chi connectivity index (χ1) is 11.2. The smallest absolute Gasteiger partial charge is 0.254 e. The summed E-state index contributed by atoms with van der Waals surface area (Å²) in [5.74, 6) is -0.132. The fraction of sp³-hybridized carbons (Fsp3) is 0.263. The van der Waals surface area contributed by atoms with Crippen molar-refractivity contribution in [3.63, 3.8) is 0 Å². The van der Waals surface area contributed by atoms with Gasteiger partial charge >= 0.3 is 0 Å². The number of hydrogen-bond donors (Lipinski definition) is 1. The van der Waals surface area contributed by atoms with Gasteiger partial charge in [-0.3, -0.25) is 4.79 Å². The minimum atomic E-state index is -0.132. The standard InChI is InChI=1S/C19H20N2O2/c1-15(10-11-22)21(14-16-6-3-2-4-7-16)19(23)18-9-5-8-17(12-18)13-20/h2-9,12,15,22H,10-11,14H2,1H3. The zero-order valence-electron chi connectivity index (χ0n) is 13.1. The van der Waals surface area contributed by atoms with Gasteiger partial charge in [-0.1, -0.05) is 36.4 Å². The van der Waals surface area contributed by atoms with E-state index < -0.39 is 0 Å². The predicted molar refractivity (Wildman–Crippen MR) is 88.6 cm³/mol. The minimum Gasteiger partial charge on any atom is -0.396 e. The van der Waals surface area contributed by atoms with Crippen LogP contribution in [0.4, 0.5) is 0 Å². The summed E-state index contributed by atoms with van der Waals surface area (Å²) in [4.78, 5) is 14.6. The van der Waals surface area contributed by atoms with Gasteiger partial charge in [0.05, 0.1) is 11.6 Å². The van der Waals surface area contributed by atoms with Crippen molar-refractivity contribution >= 4 is 5.91 Å². The van der Waals surface area contributed by atoms with Crippen molar-refractivity contribution in [1.82, 2.24) is 4.90 Å². The second-order valence-corrected chi connectivity index (χ2v) is 5.47. The Morgan fingerprint density at radius 1 is 1.22 bits per heavy atom. The minimum absolute atomic E-state index is 0.0258. The van der Waals surface area contributed by atoms with Gasteiger partial charge in [0.1, 0.15) is 0 Å². The van der Waals surface area contributed by atoms with E-state index >= 15 is 0 Å². The van der Waals surface area contributed by atoms with E-state index in [4.69, 9.17) is 5.26 Å². The molecule has 118 valence electrons. The third-order valence-electron chi connectivity index (χ3n) is 3.77. The second kappa shape index (κ2) is 8.11. The maximum Gasteiger partial charge on any atom is 0.254 e. The van der Waals surface area contributed by atoms with Gasteiger partial charge in [-0.2, -0.15) is 5.26 Å². The molecule has 0 saturated heterocycles. The topological polar surface area (TPSA) is 64.3 Å². The summed E-state index contributed by atoms with van der Waals surface area (Å²) in [6, 6.07) is 18.4. The zero-order chi connectivity index (χ0) is 16.7. The van der Waals surface area contributed by atoms with Crippen LogP contribution in [0.25, 0.3) is 0 Å². The lowest BCUT2D eigenvalue weighted by atomic mass is 10.1. The second-order valence-electron chi connectivity index (χ2n) is 5.47. The highest BCUT2D eigenvalue weighted by molar-refractivity contribution is 5.94. The number of benzene rings is 2. The van der Waals surface area contributed by atoms with Crippen LogP contribution >= 0.6 is 0 Å². The van der Waals surface area contributed by atoms with Gasteiger partial charge in [0.2, 0.25) is 0 Å². The lowest BCUT2D eigenvalue weighted by Crippen LogP contribution is -2.38. The monoisotopic (exact) mass is 308 g/mol. The molecule has 0 aliphatic rings. The molecular weight excluding hydrogens is 288 g/mol. The molecule has 0 radical (unpaired) electrons. The van der Waals surface area contributed by atoms with Crippen LogP contribution < -0.4 is 0 Å². The molecule has 0 saturated carbocycles. The largest absolute Gasteiger partial charge is 0.396 e. The number of rotatable bonds is 6.